The van der Waals surface area contributed by atoms with Gasteiger partial charge in [-0.05, 0) is 49.7 Å². The number of hydrogen-bond acceptors (Lipinski definition) is 5. The predicted molar refractivity (Wildman–Crippen MR) is 125 cm³/mol. The van der Waals surface area contributed by atoms with Crippen molar-refractivity contribution in [3.8, 4) is 11.3 Å². The van der Waals surface area contributed by atoms with Gasteiger partial charge in [-0.15, -0.1) is 5.10 Å². The lowest BCUT2D eigenvalue weighted by Gasteiger charge is -2.25. The number of carbonyl (C=O) groups excluding carboxylic acids is 1. The van der Waals surface area contributed by atoms with E-state index >= 15 is 0 Å². The minimum Gasteiger partial charge on any atom is -0.481 e. The molecule has 0 aliphatic heterocycles. The van der Waals surface area contributed by atoms with Crippen LogP contribution in [0.25, 0.3) is 11.3 Å². The van der Waals surface area contributed by atoms with Crippen molar-refractivity contribution in [3.63, 3.8) is 0 Å². The molecule has 2 atom stereocenters. The van der Waals surface area contributed by atoms with Gasteiger partial charge in [0.2, 0.25) is 5.91 Å². The quantitative estimate of drug-likeness (QED) is 0.397. The summed E-state index contributed by atoms with van der Waals surface area (Å²) in [7, 11) is 0. The van der Waals surface area contributed by atoms with Crippen molar-refractivity contribution in [2.45, 2.75) is 83.3 Å². The van der Waals surface area contributed by atoms with E-state index in [-0.39, 0.29) is 18.4 Å². The van der Waals surface area contributed by atoms with Crippen LogP contribution in [0.1, 0.15) is 69.8 Å². The zero-order valence-corrected chi connectivity index (χ0v) is 19.3. The number of rotatable bonds is 13. The Morgan fingerprint density at radius 1 is 1.12 bits per heavy atom. The molecular weight excluding hydrogens is 420 g/mol. The Kier molecular flexibility index (Phi) is 9.87. The van der Waals surface area contributed by atoms with Crippen LogP contribution in [-0.4, -0.2) is 49.7 Å². The molecule has 1 aliphatic carbocycles. The number of carbonyl (C=O) groups is 2. The van der Waals surface area contributed by atoms with Crippen molar-refractivity contribution >= 4 is 11.9 Å². The number of nitrogens with zero attached hydrogens (tertiary/aromatic N) is 3. The average molecular weight is 457 g/mol. The van der Waals surface area contributed by atoms with Gasteiger partial charge in [0.05, 0.1) is 18.7 Å². The van der Waals surface area contributed by atoms with Gasteiger partial charge in [-0.25, -0.2) is 0 Å². The average Bonchev–Trinajstić information content (AvgIpc) is 3.26. The van der Waals surface area contributed by atoms with Gasteiger partial charge in [-0.3, -0.25) is 14.3 Å². The van der Waals surface area contributed by atoms with Gasteiger partial charge in [0.1, 0.15) is 5.69 Å². The zero-order chi connectivity index (χ0) is 23.5. The van der Waals surface area contributed by atoms with Gasteiger partial charge in [-0.2, -0.15) is 0 Å². The summed E-state index contributed by atoms with van der Waals surface area (Å²) in [6.07, 6.45) is 11.2. The maximum atomic E-state index is 12.0. The summed E-state index contributed by atoms with van der Waals surface area (Å²) in [5.74, 6) is -0.307. The molecule has 8 heteroatoms. The van der Waals surface area contributed by atoms with Crippen LogP contribution in [0.5, 0.6) is 0 Å². The topological polar surface area (TPSA) is 117 Å². The highest BCUT2D eigenvalue weighted by Crippen LogP contribution is 2.23. The smallest absolute Gasteiger partial charge is 0.307 e. The molecule has 1 heterocycles. The number of hydrogen-bond donors (Lipinski definition) is 3. The SMILES string of the molecule is O=C(O)Cc1cccc(-c2cn(CCCCCCCC(=O)NCC3CCCC(O)C3)nn2)c1. The fraction of sp³-hybridized carbons (Fsp3) is 0.600. The van der Waals surface area contributed by atoms with E-state index in [2.05, 4.69) is 15.6 Å². The van der Waals surface area contributed by atoms with E-state index in [9.17, 15) is 14.7 Å². The summed E-state index contributed by atoms with van der Waals surface area (Å²) in [6.45, 7) is 1.48. The second-order valence-electron chi connectivity index (χ2n) is 9.15. The third kappa shape index (κ3) is 8.96. The van der Waals surface area contributed by atoms with E-state index in [1.807, 2.05) is 29.1 Å². The molecule has 2 aromatic rings. The van der Waals surface area contributed by atoms with Crippen molar-refractivity contribution in [2.75, 3.05) is 6.54 Å². The molecule has 33 heavy (non-hydrogen) atoms. The van der Waals surface area contributed by atoms with Crippen LogP contribution in [0.4, 0.5) is 0 Å². The summed E-state index contributed by atoms with van der Waals surface area (Å²) in [5.41, 5.74) is 2.37. The number of aromatic nitrogens is 3. The van der Waals surface area contributed by atoms with Gasteiger partial charge in [0.25, 0.3) is 0 Å². The second kappa shape index (κ2) is 13.1. The van der Waals surface area contributed by atoms with Gasteiger partial charge in [-0.1, -0.05) is 49.1 Å². The normalized spacial score (nSPS) is 18.2. The molecule has 3 rings (SSSR count). The van der Waals surface area contributed by atoms with Crippen molar-refractivity contribution in [2.24, 2.45) is 5.92 Å². The number of benzene rings is 1. The van der Waals surface area contributed by atoms with Crippen molar-refractivity contribution in [1.29, 1.82) is 0 Å². The number of aliphatic hydroxyl groups excluding tert-OH is 1. The van der Waals surface area contributed by atoms with Gasteiger partial charge < -0.3 is 15.5 Å². The summed E-state index contributed by atoms with van der Waals surface area (Å²) < 4.78 is 1.83. The molecule has 0 radical (unpaired) electrons. The Morgan fingerprint density at radius 3 is 2.76 bits per heavy atom. The molecule has 1 amide bonds. The highest BCUT2D eigenvalue weighted by molar-refractivity contribution is 5.75. The summed E-state index contributed by atoms with van der Waals surface area (Å²) in [5, 5.41) is 30.1. The van der Waals surface area contributed by atoms with Gasteiger partial charge in [0, 0.05) is 25.1 Å². The largest absolute Gasteiger partial charge is 0.481 e. The fourth-order valence-corrected chi connectivity index (χ4v) is 4.44. The van der Waals surface area contributed by atoms with Crippen LogP contribution in [0.15, 0.2) is 30.5 Å². The van der Waals surface area contributed by atoms with Gasteiger partial charge >= 0.3 is 5.97 Å². The third-order valence-electron chi connectivity index (χ3n) is 6.25. The Labute approximate surface area is 195 Å². The molecule has 8 nitrogen and oxygen atoms in total. The highest BCUT2D eigenvalue weighted by atomic mass is 16.4. The first-order chi connectivity index (χ1) is 16.0. The van der Waals surface area contributed by atoms with E-state index in [4.69, 9.17) is 5.11 Å². The minimum absolute atomic E-state index is 0.00567. The monoisotopic (exact) mass is 456 g/mol. The molecule has 1 saturated carbocycles. The second-order valence-corrected chi connectivity index (χ2v) is 9.15. The van der Waals surface area contributed by atoms with E-state index in [0.717, 1.165) is 81.2 Å². The maximum Gasteiger partial charge on any atom is 0.307 e. The van der Waals surface area contributed by atoms with Gasteiger partial charge in [0.15, 0.2) is 0 Å². The number of amides is 1. The van der Waals surface area contributed by atoms with E-state index in [0.29, 0.717) is 18.9 Å². The minimum atomic E-state index is -0.850. The van der Waals surface area contributed by atoms with Crippen LogP contribution in [0, 0.1) is 5.92 Å². The molecule has 2 unspecified atom stereocenters. The van der Waals surface area contributed by atoms with E-state index < -0.39 is 5.97 Å². The number of unbranched alkanes of at least 4 members (excludes halogenated alkanes) is 4. The Hall–Kier alpha value is -2.74. The fourth-order valence-electron chi connectivity index (χ4n) is 4.44. The lowest BCUT2D eigenvalue weighted by atomic mass is 9.87. The summed E-state index contributed by atoms with van der Waals surface area (Å²) in [4.78, 5) is 22.9. The lowest BCUT2D eigenvalue weighted by molar-refractivity contribution is -0.136. The molecule has 0 spiro atoms. The van der Waals surface area contributed by atoms with Crippen molar-refractivity contribution in [3.05, 3.63) is 36.0 Å². The number of carboxylic acid groups (broad SMARTS) is 1. The summed E-state index contributed by atoms with van der Waals surface area (Å²) in [6, 6.07) is 7.40. The number of aliphatic hydroxyl groups is 1. The van der Waals surface area contributed by atoms with Crippen molar-refractivity contribution < 1.29 is 19.8 Å². The third-order valence-corrected chi connectivity index (χ3v) is 6.25. The first-order valence-electron chi connectivity index (χ1n) is 12.2. The van der Waals surface area contributed by atoms with Crippen LogP contribution >= 0.6 is 0 Å². The molecule has 0 saturated heterocycles. The molecule has 0 bridgehead atoms. The Balaban J connectivity index is 1.26. The predicted octanol–water partition coefficient (Wildman–Crippen LogP) is 3.58. The van der Waals surface area contributed by atoms with Crippen LogP contribution in [0.3, 0.4) is 0 Å². The zero-order valence-electron chi connectivity index (χ0n) is 19.3. The first-order valence-corrected chi connectivity index (χ1v) is 12.2. The summed E-state index contributed by atoms with van der Waals surface area (Å²) >= 11 is 0. The van der Waals surface area contributed by atoms with Crippen LogP contribution in [0.2, 0.25) is 0 Å². The highest BCUT2D eigenvalue weighted by Gasteiger charge is 2.20. The maximum absolute atomic E-state index is 12.0. The molecule has 1 fully saturated rings. The van der Waals surface area contributed by atoms with E-state index in [1.165, 1.54) is 0 Å². The number of aryl methyl sites for hydroxylation is 1. The van der Waals surface area contributed by atoms with Crippen LogP contribution in [-0.2, 0) is 22.6 Å². The molecule has 1 aromatic heterocycles. The molecule has 1 aliphatic rings. The first kappa shape index (κ1) is 24.9. The molecule has 1 aromatic carbocycles. The molecule has 180 valence electrons. The number of carboxylic acids is 1. The van der Waals surface area contributed by atoms with E-state index in [1.54, 1.807) is 6.07 Å². The molecule has 3 N–H and O–H groups in total. The Bertz CT molecular complexity index is 898. The number of nitrogens with one attached hydrogen (secondary N) is 1. The number of aliphatic carboxylic acids is 1. The van der Waals surface area contributed by atoms with Crippen molar-refractivity contribution in [1.82, 2.24) is 20.3 Å². The van der Waals surface area contributed by atoms with Crippen LogP contribution < -0.4 is 5.32 Å². The Morgan fingerprint density at radius 2 is 1.94 bits per heavy atom. The standard InChI is InChI=1S/C25H36N4O4/c30-22-11-7-9-20(15-22)17-26-24(31)12-4-2-1-3-5-13-29-18-23(27-28-29)21-10-6-8-19(14-21)16-25(32)33/h6,8,10,14,18,20,22,30H,1-5,7,9,11-13,15-17H2,(H,26,31)(H,32,33). The molecular formula is C25H36N4O4. The lowest BCUT2D eigenvalue weighted by Crippen LogP contribution is -2.32.